The number of aromatic nitrogens is 1. The SMILES string of the molecule is C=Cc1c(/C=C\C)c(C)c(/C=C\C)n1C. The van der Waals surface area contributed by atoms with Crippen LogP contribution in [0.4, 0.5) is 0 Å². The second-order valence-corrected chi connectivity index (χ2v) is 3.57. The van der Waals surface area contributed by atoms with Gasteiger partial charge in [-0.1, -0.05) is 24.8 Å². The summed E-state index contributed by atoms with van der Waals surface area (Å²) < 4.78 is 2.18. The van der Waals surface area contributed by atoms with Crippen molar-refractivity contribution in [1.29, 1.82) is 0 Å². The molecule has 1 heteroatoms. The van der Waals surface area contributed by atoms with E-state index in [1.165, 1.54) is 22.5 Å². The molecule has 0 spiro atoms. The van der Waals surface area contributed by atoms with Crippen molar-refractivity contribution in [2.24, 2.45) is 7.05 Å². The molecule has 0 fully saturated rings. The highest BCUT2D eigenvalue weighted by Gasteiger charge is 2.11. The van der Waals surface area contributed by atoms with E-state index < -0.39 is 0 Å². The summed E-state index contributed by atoms with van der Waals surface area (Å²) >= 11 is 0. The van der Waals surface area contributed by atoms with E-state index in [9.17, 15) is 0 Å². The van der Waals surface area contributed by atoms with Gasteiger partial charge in [-0.2, -0.15) is 0 Å². The summed E-state index contributed by atoms with van der Waals surface area (Å²) in [6.07, 6.45) is 10.3. The van der Waals surface area contributed by atoms with E-state index in [1.54, 1.807) is 0 Å². The smallest absolute Gasteiger partial charge is 0.0479 e. The molecule has 0 aliphatic heterocycles. The van der Waals surface area contributed by atoms with E-state index in [0.29, 0.717) is 0 Å². The molecule has 1 aromatic rings. The molecule has 0 radical (unpaired) electrons. The minimum absolute atomic E-state index is 1.18. The number of nitrogens with zero attached hydrogens (tertiary/aromatic N) is 1. The number of hydrogen-bond donors (Lipinski definition) is 0. The van der Waals surface area contributed by atoms with Crippen LogP contribution < -0.4 is 0 Å². The molecule has 0 saturated heterocycles. The van der Waals surface area contributed by atoms with Gasteiger partial charge in [-0.15, -0.1) is 0 Å². The lowest BCUT2D eigenvalue weighted by Gasteiger charge is -2.00. The Bertz CT molecular complexity index is 417. The first-order valence-electron chi connectivity index (χ1n) is 5.24. The Kier molecular flexibility index (Phi) is 3.73. The molecule has 1 heterocycles. The van der Waals surface area contributed by atoms with Crippen molar-refractivity contribution in [3.63, 3.8) is 0 Å². The number of rotatable bonds is 3. The van der Waals surface area contributed by atoms with Crippen LogP contribution in [0.5, 0.6) is 0 Å². The van der Waals surface area contributed by atoms with Gasteiger partial charge >= 0.3 is 0 Å². The summed E-state index contributed by atoms with van der Waals surface area (Å²) in [7, 11) is 2.08. The third kappa shape index (κ3) is 1.96. The maximum atomic E-state index is 3.87. The van der Waals surface area contributed by atoms with Gasteiger partial charge in [0.2, 0.25) is 0 Å². The standard InChI is InChI=1S/C14H19N/c1-6-9-12-11(4)14(10-7-2)15(5)13(12)8-3/h6-10H,3H2,1-2,4-5H3/b9-6-,10-7-. The Morgan fingerprint density at radius 2 is 1.67 bits per heavy atom. The molecule has 15 heavy (non-hydrogen) atoms. The first kappa shape index (κ1) is 11.6. The van der Waals surface area contributed by atoms with Crippen LogP contribution in [0.25, 0.3) is 18.2 Å². The Morgan fingerprint density at radius 3 is 2.13 bits per heavy atom. The molecule has 0 amide bonds. The van der Waals surface area contributed by atoms with Gasteiger partial charge in [-0.05, 0) is 38.5 Å². The summed E-state index contributed by atoms with van der Waals surface area (Å²) in [4.78, 5) is 0. The fourth-order valence-electron chi connectivity index (χ4n) is 1.91. The van der Waals surface area contributed by atoms with Crippen molar-refractivity contribution in [2.45, 2.75) is 20.8 Å². The van der Waals surface area contributed by atoms with E-state index in [1.807, 2.05) is 19.9 Å². The predicted molar refractivity (Wildman–Crippen MR) is 69.7 cm³/mol. The zero-order valence-electron chi connectivity index (χ0n) is 10.0. The van der Waals surface area contributed by atoms with Gasteiger partial charge in [-0.3, -0.25) is 0 Å². The maximum Gasteiger partial charge on any atom is 0.0479 e. The van der Waals surface area contributed by atoms with Gasteiger partial charge in [0.15, 0.2) is 0 Å². The van der Waals surface area contributed by atoms with Crippen LogP contribution in [0.2, 0.25) is 0 Å². The molecule has 1 aromatic heterocycles. The first-order valence-corrected chi connectivity index (χ1v) is 5.24. The number of hydrogen-bond acceptors (Lipinski definition) is 0. The lowest BCUT2D eigenvalue weighted by Crippen LogP contribution is -1.93. The summed E-state index contributed by atoms with van der Waals surface area (Å²) in [5, 5.41) is 0. The molecule has 0 N–H and O–H groups in total. The largest absolute Gasteiger partial charge is 0.344 e. The van der Waals surface area contributed by atoms with Crippen molar-refractivity contribution in [3.05, 3.63) is 41.2 Å². The second-order valence-electron chi connectivity index (χ2n) is 3.57. The summed E-state index contributed by atoms with van der Waals surface area (Å²) in [5.74, 6) is 0. The van der Waals surface area contributed by atoms with Crippen LogP contribution in [0.15, 0.2) is 18.7 Å². The van der Waals surface area contributed by atoms with Crippen LogP contribution in [-0.4, -0.2) is 4.57 Å². The van der Waals surface area contributed by atoms with Crippen molar-refractivity contribution in [1.82, 2.24) is 4.57 Å². The molecule has 80 valence electrons. The molecule has 0 bridgehead atoms. The molecule has 0 aliphatic rings. The van der Waals surface area contributed by atoms with Crippen molar-refractivity contribution >= 4 is 18.2 Å². The fraction of sp³-hybridized carbons (Fsp3) is 0.286. The van der Waals surface area contributed by atoms with Gasteiger partial charge < -0.3 is 4.57 Å². The Labute approximate surface area is 92.4 Å². The molecule has 0 atom stereocenters. The Hall–Kier alpha value is -1.50. The monoisotopic (exact) mass is 201 g/mol. The third-order valence-electron chi connectivity index (χ3n) is 2.64. The fourth-order valence-corrected chi connectivity index (χ4v) is 1.91. The second kappa shape index (κ2) is 4.83. The van der Waals surface area contributed by atoms with Gasteiger partial charge in [-0.25, -0.2) is 0 Å². The van der Waals surface area contributed by atoms with E-state index in [-0.39, 0.29) is 0 Å². The normalized spacial score (nSPS) is 11.7. The first-order chi connectivity index (χ1) is 7.17. The third-order valence-corrected chi connectivity index (χ3v) is 2.64. The van der Waals surface area contributed by atoms with Crippen molar-refractivity contribution in [2.75, 3.05) is 0 Å². The highest BCUT2D eigenvalue weighted by atomic mass is 15.0. The summed E-state index contributed by atoms with van der Waals surface area (Å²) in [5.41, 5.74) is 5.01. The molecule has 1 rings (SSSR count). The van der Waals surface area contributed by atoms with E-state index in [0.717, 1.165) is 0 Å². The molecular formula is C14H19N. The summed E-state index contributed by atoms with van der Waals surface area (Å²) in [6.45, 7) is 10.1. The zero-order chi connectivity index (χ0) is 11.4. The maximum absolute atomic E-state index is 3.87. The van der Waals surface area contributed by atoms with E-state index in [2.05, 4.69) is 49.4 Å². The van der Waals surface area contributed by atoms with Crippen LogP contribution >= 0.6 is 0 Å². The van der Waals surface area contributed by atoms with Gasteiger partial charge in [0.25, 0.3) is 0 Å². The van der Waals surface area contributed by atoms with Gasteiger partial charge in [0, 0.05) is 24.0 Å². The molecule has 0 aromatic carbocycles. The van der Waals surface area contributed by atoms with Crippen LogP contribution in [0.1, 0.15) is 36.4 Å². The highest BCUT2D eigenvalue weighted by molar-refractivity contribution is 5.71. The topological polar surface area (TPSA) is 4.93 Å². The lowest BCUT2D eigenvalue weighted by molar-refractivity contribution is 0.898. The molecule has 0 unspecified atom stereocenters. The lowest BCUT2D eigenvalue weighted by atomic mass is 10.1. The van der Waals surface area contributed by atoms with Gasteiger partial charge in [0.1, 0.15) is 0 Å². The predicted octanol–water partition coefficient (Wildman–Crippen LogP) is 4.04. The van der Waals surface area contributed by atoms with E-state index in [4.69, 9.17) is 0 Å². The van der Waals surface area contributed by atoms with Crippen LogP contribution in [-0.2, 0) is 7.05 Å². The van der Waals surface area contributed by atoms with E-state index >= 15 is 0 Å². The zero-order valence-corrected chi connectivity index (χ0v) is 10.0. The average Bonchev–Trinajstić information content (AvgIpc) is 2.44. The van der Waals surface area contributed by atoms with Crippen molar-refractivity contribution in [3.8, 4) is 0 Å². The minimum Gasteiger partial charge on any atom is -0.344 e. The molecule has 0 aliphatic carbocycles. The molecular weight excluding hydrogens is 182 g/mol. The van der Waals surface area contributed by atoms with Gasteiger partial charge in [0.05, 0.1) is 0 Å². The number of allylic oxidation sites excluding steroid dienone is 2. The van der Waals surface area contributed by atoms with Crippen LogP contribution in [0.3, 0.4) is 0 Å². The van der Waals surface area contributed by atoms with Crippen molar-refractivity contribution < 1.29 is 0 Å². The minimum atomic E-state index is 1.18. The average molecular weight is 201 g/mol. The highest BCUT2D eigenvalue weighted by Crippen LogP contribution is 2.25. The Morgan fingerprint density at radius 1 is 1.07 bits per heavy atom. The van der Waals surface area contributed by atoms with Crippen LogP contribution in [0, 0.1) is 6.92 Å². The molecule has 1 nitrogen and oxygen atoms in total. The quantitative estimate of drug-likeness (QED) is 0.695. The Balaban J connectivity index is 3.51. The molecule has 0 saturated carbocycles. The summed E-state index contributed by atoms with van der Waals surface area (Å²) in [6, 6.07) is 0.